The van der Waals surface area contributed by atoms with Crippen LogP contribution in [0.4, 0.5) is 5.69 Å². The summed E-state index contributed by atoms with van der Waals surface area (Å²) in [5.74, 6) is 0.910. The van der Waals surface area contributed by atoms with Gasteiger partial charge in [0, 0.05) is 18.0 Å². The summed E-state index contributed by atoms with van der Waals surface area (Å²) in [6.07, 6.45) is 4.12. The molecule has 1 fully saturated rings. The summed E-state index contributed by atoms with van der Waals surface area (Å²) in [6, 6.07) is 12.0. The zero-order valence-corrected chi connectivity index (χ0v) is 12.8. The van der Waals surface area contributed by atoms with E-state index < -0.39 is 0 Å². The van der Waals surface area contributed by atoms with Crippen LogP contribution in [0.5, 0.6) is 0 Å². The monoisotopic (exact) mass is 301 g/mol. The Kier molecular flexibility index (Phi) is 5.70. The second-order valence-electron chi connectivity index (χ2n) is 4.76. The zero-order chi connectivity index (χ0) is 15.1. The van der Waals surface area contributed by atoms with Gasteiger partial charge in [0.15, 0.2) is 0 Å². The Morgan fingerprint density at radius 2 is 2.24 bits per heavy atom. The predicted molar refractivity (Wildman–Crippen MR) is 86.9 cm³/mol. The Hall–Kier alpha value is -1.93. The van der Waals surface area contributed by atoms with Crippen molar-refractivity contribution >= 4 is 23.4 Å². The number of hydrogen-bond acceptors (Lipinski definition) is 4. The maximum atomic E-state index is 12.4. The maximum absolute atomic E-state index is 12.4. The van der Waals surface area contributed by atoms with E-state index >= 15 is 0 Å². The van der Waals surface area contributed by atoms with E-state index in [2.05, 4.69) is 11.4 Å². The predicted octanol–water partition coefficient (Wildman–Crippen LogP) is 2.86. The summed E-state index contributed by atoms with van der Waals surface area (Å²) in [4.78, 5) is 14.2. The van der Waals surface area contributed by atoms with Crippen molar-refractivity contribution in [3.8, 4) is 6.07 Å². The van der Waals surface area contributed by atoms with E-state index in [1.54, 1.807) is 11.8 Å². The number of nitrogens with zero attached hydrogens (tertiary/aromatic N) is 2. The van der Waals surface area contributed by atoms with Gasteiger partial charge in [0.25, 0.3) is 0 Å². The molecule has 2 unspecified atom stereocenters. The first-order valence-electron chi connectivity index (χ1n) is 7.03. The standard InChI is InChI=1S/C16H19N3OS/c1-2-19-14(8-10-17)12-21-15(16(19)20)9-11-18-13-6-4-3-5-7-13/h3-7,9,11,14-15,18H,2,8,12H2,1H3. The van der Waals surface area contributed by atoms with Crippen LogP contribution in [0.3, 0.4) is 0 Å². The smallest absolute Gasteiger partial charge is 0.239 e. The topological polar surface area (TPSA) is 56.1 Å². The van der Waals surface area contributed by atoms with Crippen LogP contribution in [0.2, 0.25) is 0 Å². The van der Waals surface area contributed by atoms with Gasteiger partial charge in [-0.05, 0) is 31.3 Å². The molecule has 110 valence electrons. The average Bonchev–Trinajstić information content (AvgIpc) is 2.51. The molecule has 0 aromatic heterocycles. The molecule has 5 heteroatoms. The number of nitrogens with one attached hydrogen (secondary N) is 1. The summed E-state index contributed by atoms with van der Waals surface area (Å²) in [7, 11) is 0. The average molecular weight is 301 g/mol. The molecular weight excluding hydrogens is 282 g/mol. The summed E-state index contributed by atoms with van der Waals surface area (Å²) in [5.41, 5.74) is 0.997. The molecule has 1 amide bonds. The molecule has 1 aromatic carbocycles. The van der Waals surface area contributed by atoms with E-state index in [1.165, 1.54) is 0 Å². The first-order valence-corrected chi connectivity index (χ1v) is 8.08. The van der Waals surface area contributed by atoms with Gasteiger partial charge >= 0.3 is 0 Å². The van der Waals surface area contributed by atoms with E-state index in [1.807, 2.05) is 54.4 Å². The van der Waals surface area contributed by atoms with Gasteiger partial charge in [-0.15, -0.1) is 11.8 Å². The number of thioether (sulfide) groups is 1. The fourth-order valence-electron chi connectivity index (χ4n) is 2.31. The minimum absolute atomic E-state index is 0.0456. The normalized spacial score (nSPS) is 22.3. The third-order valence-corrected chi connectivity index (χ3v) is 4.69. The molecule has 4 nitrogen and oxygen atoms in total. The third-order valence-electron chi connectivity index (χ3n) is 3.40. The highest BCUT2D eigenvalue weighted by Gasteiger charge is 2.33. The molecule has 2 rings (SSSR count). The molecule has 1 aromatic rings. The second kappa shape index (κ2) is 7.75. The lowest BCUT2D eigenvalue weighted by molar-refractivity contribution is -0.131. The van der Waals surface area contributed by atoms with Crippen molar-refractivity contribution < 1.29 is 4.79 Å². The van der Waals surface area contributed by atoms with Crippen molar-refractivity contribution in [3.63, 3.8) is 0 Å². The Morgan fingerprint density at radius 3 is 2.90 bits per heavy atom. The van der Waals surface area contributed by atoms with E-state index in [0.29, 0.717) is 13.0 Å². The van der Waals surface area contributed by atoms with Gasteiger partial charge in [-0.25, -0.2) is 0 Å². The fourth-order valence-corrected chi connectivity index (χ4v) is 3.51. The number of benzene rings is 1. The lowest BCUT2D eigenvalue weighted by Gasteiger charge is -2.36. The molecule has 0 spiro atoms. The van der Waals surface area contributed by atoms with Gasteiger partial charge in [-0.3, -0.25) is 4.79 Å². The summed E-state index contributed by atoms with van der Waals surface area (Å²) in [5, 5.41) is 11.8. The molecule has 1 saturated heterocycles. The van der Waals surface area contributed by atoms with Crippen LogP contribution in [0.25, 0.3) is 0 Å². The molecule has 1 aliphatic heterocycles. The number of nitriles is 1. The first kappa shape index (κ1) is 15.5. The van der Waals surface area contributed by atoms with Crippen molar-refractivity contribution in [2.45, 2.75) is 24.6 Å². The van der Waals surface area contributed by atoms with Crippen LogP contribution in [0.15, 0.2) is 42.6 Å². The Labute approximate surface area is 129 Å². The molecule has 1 N–H and O–H groups in total. The van der Waals surface area contributed by atoms with E-state index in [9.17, 15) is 4.79 Å². The molecule has 1 aliphatic rings. The fraction of sp³-hybridized carbons (Fsp3) is 0.375. The highest BCUT2D eigenvalue weighted by atomic mass is 32.2. The molecule has 1 heterocycles. The van der Waals surface area contributed by atoms with Gasteiger partial charge in [-0.1, -0.05) is 18.2 Å². The highest BCUT2D eigenvalue weighted by Crippen LogP contribution is 2.26. The van der Waals surface area contributed by atoms with Gasteiger partial charge in [0.1, 0.15) is 5.25 Å². The summed E-state index contributed by atoms with van der Waals surface area (Å²) in [6.45, 7) is 2.61. The minimum Gasteiger partial charge on any atom is -0.362 e. The second-order valence-corrected chi connectivity index (χ2v) is 5.94. The zero-order valence-electron chi connectivity index (χ0n) is 12.0. The van der Waals surface area contributed by atoms with Gasteiger partial charge in [0.05, 0.1) is 18.5 Å². The van der Waals surface area contributed by atoms with Crippen LogP contribution >= 0.6 is 11.8 Å². The van der Waals surface area contributed by atoms with E-state index in [4.69, 9.17) is 5.26 Å². The Balaban J connectivity index is 1.95. The lowest BCUT2D eigenvalue weighted by Crippen LogP contribution is -2.49. The van der Waals surface area contributed by atoms with Gasteiger partial charge in [-0.2, -0.15) is 5.26 Å². The van der Waals surface area contributed by atoms with Crippen LogP contribution in [-0.4, -0.2) is 34.4 Å². The SMILES string of the molecule is CCN1C(=O)C(C=CNc2ccccc2)SCC1CC#N. The van der Waals surface area contributed by atoms with Crippen molar-refractivity contribution in [1.82, 2.24) is 4.90 Å². The van der Waals surface area contributed by atoms with Gasteiger partial charge < -0.3 is 10.2 Å². The van der Waals surface area contributed by atoms with Crippen molar-refractivity contribution in [2.24, 2.45) is 0 Å². The first-order chi connectivity index (χ1) is 10.3. The highest BCUT2D eigenvalue weighted by molar-refractivity contribution is 8.00. The summed E-state index contributed by atoms with van der Waals surface area (Å²) >= 11 is 1.60. The number of carbonyl (C=O) groups excluding carboxylic acids is 1. The molecule has 0 radical (unpaired) electrons. The molecule has 21 heavy (non-hydrogen) atoms. The number of para-hydroxylation sites is 1. The Bertz CT molecular complexity index is 538. The number of anilines is 1. The number of rotatable bonds is 5. The molecule has 2 atom stereocenters. The van der Waals surface area contributed by atoms with Crippen molar-refractivity contribution in [1.29, 1.82) is 5.26 Å². The molecule has 0 saturated carbocycles. The number of hydrogen-bond donors (Lipinski definition) is 1. The third kappa shape index (κ3) is 4.02. The van der Waals surface area contributed by atoms with Gasteiger partial charge in [0.2, 0.25) is 5.91 Å². The van der Waals surface area contributed by atoms with Crippen LogP contribution in [0.1, 0.15) is 13.3 Å². The Morgan fingerprint density at radius 1 is 1.48 bits per heavy atom. The molecule has 0 aliphatic carbocycles. The van der Waals surface area contributed by atoms with Crippen molar-refractivity contribution in [3.05, 3.63) is 42.6 Å². The molecule has 0 bridgehead atoms. The number of carbonyl (C=O) groups is 1. The largest absolute Gasteiger partial charge is 0.362 e. The van der Waals surface area contributed by atoms with Crippen LogP contribution in [0, 0.1) is 11.3 Å². The lowest BCUT2D eigenvalue weighted by atomic mass is 10.2. The summed E-state index contributed by atoms with van der Waals surface area (Å²) < 4.78 is 0. The van der Waals surface area contributed by atoms with E-state index in [0.717, 1.165) is 11.4 Å². The van der Waals surface area contributed by atoms with E-state index in [-0.39, 0.29) is 17.2 Å². The van der Waals surface area contributed by atoms with Crippen LogP contribution < -0.4 is 5.32 Å². The van der Waals surface area contributed by atoms with Crippen molar-refractivity contribution in [2.75, 3.05) is 17.6 Å². The number of amides is 1. The molecular formula is C16H19N3OS. The maximum Gasteiger partial charge on any atom is 0.239 e. The minimum atomic E-state index is -0.170. The van der Waals surface area contributed by atoms with Crippen LogP contribution in [-0.2, 0) is 4.79 Å². The quantitative estimate of drug-likeness (QED) is 0.908.